The molecule has 0 aliphatic heterocycles. The van der Waals surface area contributed by atoms with Crippen LogP contribution in [0.5, 0.6) is 0 Å². The fraction of sp³-hybridized carbons (Fsp3) is 0.261. The van der Waals surface area contributed by atoms with Crippen LogP contribution in [0.25, 0.3) is 11.1 Å². The van der Waals surface area contributed by atoms with Gasteiger partial charge in [0.1, 0.15) is 6.54 Å². The number of benzene rings is 2. The van der Waals surface area contributed by atoms with Crippen molar-refractivity contribution in [1.29, 1.82) is 0 Å². The third kappa shape index (κ3) is 5.92. The molecule has 3 rings (SSSR count). The van der Waals surface area contributed by atoms with E-state index in [1.54, 1.807) is 36.4 Å². The maximum atomic E-state index is 12.9. The first-order valence-corrected chi connectivity index (χ1v) is 13.5. The highest BCUT2D eigenvalue weighted by atomic mass is 127. The summed E-state index contributed by atoms with van der Waals surface area (Å²) in [6.07, 6.45) is 3.98. The molecule has 6 nitrogen and oxygen atoms in total. The molecule has 9 heteroatoms. The fourth-order valence-corrected chi connectivity index (χ4v) is 6.11. The highest BCUT2D eigenvalue weighted by Crippen LogP contribution is 2.34. The van der Waals surface area contributed by atoms with E-state index < -0.39 is 15.8 Å². The molecule has 2 aromatic rings. The molecule has 0 bridgehead atoms. The largest absolute Gasteiger partial charge is 0.480 e. The average Bonchev–Trinajstić information content (AvgIpc) is 2.77. The number of allylic oxidation sites excluding steroid dienone is 3. The Morgan fingerprint density at radius 2 is 1.91 bits per heavy atom. The van der Waals surface area contributed by atoms with Crippen LogP contribution in [0.15, 0.2) is 76.2 Å². The molecule has 0 radical (unpaired) electrons. The summed E-state index contributed by atoms with van der Waals surface area (Å²) in [5.41, 5.74) is 3.44. The van der Waals surface area contributed by atoms with E-state index in [-0.39, 0.29) is 17.4 Å². The van der Waals surface area contributed by atoms with Crippen LogP contribution in [0.4, 0.5) is 0 Å². The molecule has 32 heavy (non-hydrogen) atoms. The summed E-state index contributed by atoms with van der Waals surface area (Å²) in [7, 11) is -3.63. The van der Waals surface area contributed by atoms with Crippen molar-refractivity contribution in [3.05, 3.63) is 76.3 Å². The van der Waals surface area contributed by atoms with Crippen LogP contribution in [-0.2, 0) is 14.6 Å². The molecule has 0 spiro atoms. The Labute approximate surface area is 206 Å². The number of alkyl halides is 1. The number of sulfone groups is 1. The van der Waals surface area contributed by atoms with E-state index in [0.717, 1.165) is 35.2 Å². The molecule has 1 aliphatic rings. The normalized spacial score (nSPS) is 17.0. The second-order valence-electron chi connectivity index (χ2n) is 7.50. The van der Waals surface area contributed by atoms with Crippen LogP contribution in [0.3, 0.4) is 0 Å². The Hall–Kier alpha value is -1.88. The SMILES string of the molecule is NN(CC(=O)O)C1=C(CI)C(/C=C\S(=O)(=O)c2ccc(-c3ccccc3Cl)cc2)CCC1. The smallest absolute Gasteiger partial charge is 0.324 e. The van der Waals surface area contributed by atoms with Crippen molar-refractivity contribution in [3.63, 3.8) is 0 Å². The van der Waals surface area contributed by atoms with Gasteiger partial charge in [0.15, 0.2) is 9.84 Å². The number of hydrogen-bond donors (Lipinski definition) is 2. The van der Waals surface area contributed by atoms with Crippen molar-refractivity contribution in [1.82, 2.24) is 5.01 Å². The van der Waals surface area contributed by atoms with E-state index in [4.69, 9.17) is 22.6 Å². The highest BCUT2D eigenvalue weighted by molar-refractivity contribution is 14.1. The molecular weight excluding hydrogens is 563 g/mol. The molecule has 1 aliphatic carbocycles. The molecule has 2 aromatic carbocycles. The number of carboxylic acid groups (broad SMARTS) is 1. The fourth-order valence-electron chi connectivity index (χ4n) is 3.79. The predicted octanol–water partition coefficient (Wildman–Crippen LogP) is 5.04. The van der Waals surface area contributed by atoms with Gasteiger partial charge in [0.25, 0.3) is 0 Å². The molecule has 0 saturated heterocycles. The van der Waals surface area contributed by atoms with Crippen LogP contribution in [0.1, 0.15) is 19.3 Å². The maximum Gasteiger partial charge on any atom is 0.324 e. The van der Waals surface area contributed by atoms with Crippen molar-refractivity contribution in [3.8, 4) is 11.1 Å². The number of hydrogen-bond acceptors (Lipinski definition) is 5. The van der Waals surface area contributed by atoms with Gasteiger partial charge < -0.3 is 10.1 Å². The van der Waals surface area contributed by atoms with Crippen LogP contribution < -0.4 is 5.84 Å². The molecule has 0 saturated carbocycles. The Kier molecular flexibility index (Phi) is 8.37. The number of nitrogens with two attached hydrogens (primary N) is 1. The van der Waals surface area contributed by atoms with E-state index >= 15 is 0 Å². The highest BCUT2D eigenvalue weighted by Gasteiger charge is 2.24. The van der Waals surface area contributed by atoms with Crippen LogP contribution in [-0.4, -0.2) is 35.5 Å². The van der Waals surface area contributed by atoms with Crippen molar-refractivity contribution in [2.75, 3.05) is 11.0 Å². The quantitative estimate of drug-likeness (QED) is 0.195. The van der Waals surface area contributed by atoms with Crippen molar-refractivity contribution < 1.29 is 18.3 Å². The van der Waals surface area contributed by atoms with Gasteiger partial charge in [-0.1, -0.05) is 70.6 Å². The molecule has 0 amide bonds. The van der Waals surface area contributed by atoms with Crippen LogP contribution >= 0.6 is 34.2 Å². The number of carbonyl (C=O) groups is 1. The van der Waals surface area contributed by atoms with E-state index in [2.05, 4.69) is 22.6 Å². The second-order valence-corrected chi connectivity index (χ2v) is 10.5. The maximum absolute atomic E-state index is 12.9. The molecule has 0 aromatic heterocycles. The summed E-state index contributed by atoms with van der Waals surface area (Å²) < 4.78 is 26.4. The Morgan fingerprint density at radius 3 is 2.53 bits per heavy atom. The summed E-state index contributed by atoms with van der Waals surface area (Å²) in [5, 5.41) is 12.1. The number of aliphatic carboxylic acids is 1. The van der Waals surface area contributed by atoms with Crippen LogP contribution in [0.2, 0.25) is 5.02 Å². The van der Waals surface area contributed by atoms with E-state index in [1.165, 1.54) is 10.4 Å². The van der Waals surface area contributed by atoms with Gasteiger partial charge in [-0.05, 0) is 48.6 Å². The monoisotopic (exact) mass is 586 g/mol. The van der Waals surface area contributed by atoms with Crippen molar-refractivity contribution in [2.45, 2.75) is 24.2 Å². The van der Waals surface area contributed by atoms with Gasteiger partial charge in [0.2, 0.25) is 0 Å². The van der Waals surface area contributed by atoms with Gasteiger partial charge in [-0.15, -0.1) is 0 Å². The minimum absolute atomic E-state index is 0.104. The second kappa shape index (κ2) is 10.8. The zero-order valence-electron chi connectivity index (χ0n) is 17.2. The number of halogens is 2. The predicted molar refractivity (Wildman–Crippen MR) is 135 cm³/mol. The minimum atomic E-state index is -3.63. The van der Waals surface area contributed by atoms with Gasteiger partial charge in [0.05, 0.1) is 4.90 Å². The first-order valence-electron chi connectivity index (χ1n) is 10.0. The van der Waals surface area contributed by atoms with Gasteiger partial charge in [-0.3, -0.25) is 4.79 Å². The van der Waals surface area contributed by atoms with Gasteiger partial charge in [-0.2, -0.15) is 0 Å². The average molecular weight is 587 g/mol. The Bertz CT molecular complexity index is 1150. The lowest BCUT2D eigenvalue weighted by molar-refractivity contribution is -0.137. The standard InChI is InChI=1S/C23H24ClIN2O4S/c24-21-6-2-1-5-19(21)17-8-10-18(11-9-17)32(30,31)13-12-16-4-3-7-22(20(16)14-25)27(26)15-23(28)29/h1-2,5-6,8-13,16H,3-4,7,14-15,26H2,(H,28,29)/b13-12-. The molecule has 3 N–H and O–H groups in total. The number of carboxylic acids is 1. The van der Waals surface area contributed by atoms with E-state index in [0.29, 0.717) is 15.9 Å². The first-order chi connectivity index (χ1) is 15.2. The summed E-state index contributed by atoms with van der Waals surface area (Å²) in [4.78, 5) is 11.2. The van der Waals surface area contributed by atoms with Gasteiger partial charge in [0, 0.05) is 32.0 Å². The minimum Gasteiger partial charge on any atom is -0.480 e. The zero-order chi connectivity index (χ0) is 23.3. The lowest BCUT2D eigenvalue weighted by Gasteiger charge is -2.31. The van der Waals surface area contributed by atoms with E-state index in [9.17, 15) is 13.2 Å². The van der Waals surface area contributed by atoms with Crippen LogP contribution in [0, 0.1) is 5.92 Å². The lowest BCUT2D eigenvalue weighted by Crippen LogP contribution is -2.37. The van der Waals surface area contributed by atoms with Gasteiger partial charge >= 0.3 is 5.97 Å². The summed E-state index contributed by atoms with van der Waals surface area (Å²) in [6.45, 7) is -0.290. The number of hydrazine groups is 1. The molecular formula is C23H24ClIN2O4S. The molecule has 170 valence electrons. The van der Waals surface area contributed by atoms with Crippen molar-refractivity contribution in [2.24, 2.45) is 11.8 Å². The molecule has 1 unspecified atom stereocenters. The zero-order valence-corrected chi connectivity index (χ0v) is 21.0. The number of nitrogens with zero attached hydrogens (tertiary/aromatic N) is 1. The summed E-state index contributed by atoms with van der Waals surface area (Å²) in [6, 6.07) is 14.0. The molecule has 0 heterocycles. The first kappa shape index (κ1) is 24.8. The summed E-state index contributed by atoms with van der Waals surface area (Å²) >= 11 is 8.44. The third-order valence-electron chi connectivity index (χ3n) is 5.40. The topological polar surface area (TPSA) is 101 Å². The van der Waals surface area contributed by atoms with Gasteiger partial charge in [-0.25, -0.2) is 14.3 Å². The summed E-state index contributed by atoms with van der Waals surface area (Å²) in [5.74, 6) is 4.85. The number of rotatable bonds is 8. The van der Waals surface area contributed by atoms with Crippen molar-refractivity contribution >= 4 is 50.0 Å². The lowest BCUT2D eigenvalue weighted by atomic mass is 9.86. The molecule has 1 atom stereocenters. The Balaban J connectivity index is 1.83. The van der Waals surface area contributed by atoms with E-state index in [1.807, 2.05) is 18.2 Å². The third-order valence-corrected chi connectivity index (χ3v) is 8.00. The Morgan fingerprint density at radius 1 is 1.22 bits per heavy atom. The molecule has 0 fully saturated rings.